The lowest BCUT2D eigenvalue weighted by atomic mass is 10.1. The van der Waals surface area contributed by atoms with Crippen LogP contribution in [0.1, 0.15) is 17.1 Å². The minimum absolute atomic E-state index is 0.0479. The van der Waals surface area contributed by atoms with Crippen LogP contribution in [0.4, 0.5) is 32.0 Å². The maximum Gasteiger partial charge on any atom is 0.493 e. The molecule has 4 aromatic rings. The fourth-order valence-corrected chi connectivity index (χ4v) is 4.44. The Bertz CT molecular complexity index is 1620. The van der Waals surface area contributed by atoms with Crippen LogP contribution in [0.5, 0.6) is 0 Å². The molecule has 1 aromatic carbocycles. The minimum atomic E-state index is -5.35. The van der Waals surface area contributed by atoms with E-state index in [1.54, 1.807) is 18.5 Å². The van der Waals surface area contributed by atoms with Crippen molar-refractivity contribution in [2.24, 2.45) is 0 Å². The second-order valence-corrected chi connectivity index (χ2v) is 9.08. The molecule has 0 radical (unpaired) electrons. The summed E-state index contributed by atoms with van der Waals surface area (Å²) in [7, 11) is 0. The molecule has 1 aliphatic heterocycles. The lowest BCUT2D eigenvalue weighted by Crippen LogP contribution is -2.46. The molecule has 0 saturated carbocycles. The normalized spacial score (nSPS) is 14.7. The summed E-state index contributed by atoms with van der Waals surface area (Å²) in [5.41, 5.74) is -0.989. The summed E-state index contributed by atoms with van der Waals surface area (Å²) in [6.45, 7) is 2.08. The zero-order valence-electron chi connectivity index (χ0n) is 20.9. The molecule has 1 saturated heterocycles. The molecule has 3 aromatic heterocycles. The Balaban J connectivity index is 1.53. The van der Waals surface area contributed by atoms with Gasteiger partial charge >= 0.3 is 18.3 Å². The number of aromatic nitrogens is 4. The predicted molar refractivity (Wildman–Crippen MR) is 132 cm³/mol. The van der Waals surface area contributed by atoms with Gasteiger partial charge in [-0.1, -0.05) is 12.1 Å². The second-order valence-electron chi connectivity index (χ2n) is 9.08. The molecule has 0 bridgehead atoms. The molecule has 0 N–H and O–H groups in total. The zero-order chi connectivity index (χ0) is 29.4. The summed E-state index contributed by atoms with van der Waals surface area (Å²) in [5, 5.41) is 9.71. The number of rotatable bonds is 5. The summed E-state index contributed by atoms with van der Waals surface area (Å²) >= 11 is 0. The Hall–Kier alpha value is -4.71. The van der Waals surface area contributed by atoms with Gasteiger partial charge in [-0.2, -0.15) is 36.3 Å². The SMILES string of the molecule is N#Cc1nc(-c2cccc(C(F)(F)F)c2)cc2c1nc(CN1CCN(c3ccncc3)CC1)n2OC(=O)C(F)(F)F. The number of fused-ring (bicyclic) bond motifs is 1. The third kappa shape index (κ3) is 5.92. The first-order chi connectivity index (χ1) is 19.4. The molecular formula is C26H19F6N7O2. The molecule has 212 valence electrons. The summed E-state index contributed by atoms with van der Waals surface area (Å²) in [6, 6.07) is 10.7. The molecular weight excluding hydrogens is 556 g/mol. The van der Waals surface area contributed by atoms with Crippen molar-refractivity contribution >= 4 is 22.7 Å². The number of hydrogen-bond donors (Lipinski definition) is 0. The predicted octanol–water partition coefficient (Wildman–Crippen LogP) is 4.22. The van der Waals surface area contributed by atoms with Crippen molar-refractivity contribution in [2.45, 2.75) is 18.9 Å². The average Bonchev–Trinajstić information content (AvgIpc) is 3.29. The van der Waals surface area contributed by atoms with E-state index in [4.69, 9.17) is 4.84 Å². The van der Waals surface area contributed by atoms with Gasteiger partial charge in [-0.05, 0) is 30.3 Å². The molecule has 0 unspecified atom stereocenters. The van der Waals surface area contributed by atoms with Crippen molar-refractivity contribution in [1.29, 1.82) is 5.26 Å². The van der Waals surface area contributed by atoms with Crippen LogP contribution in [0.25, 0.3) is 22.3 Å². The summed E-state index contributed by atoms with van der Waals surface area (Å²) in [5.74, 6) is -2.65. The second kappa shape index (κ2) is 10.7. The summed E-state index contributed by atoms with van der Waals surface area (Å²) in [4.78, 5) is 32.9. The summed E-state index contributed by atoms with van der Waals surface area (Å²) in [6.07, 6.45) is -6.70. The molecule has 4 heterocycles. The number of alkyl halides is 6. The maximum absolute atomic E-state index is 13.3. The van der Waals surface area contributed by atoms with Gasteiger partial charge in [0.25, 0.3) is 0 Å². The van der Waals surface area contributed by atoms with Crippen molar-refractivity contribution in [2.75, 3.05) is 31.1 Å². The number of pyridine rings is 2. The highest BCUT2D eigenvalue weighted by molar-refractivity contribution is 5.85. The Morgan fingerprint density at radius 1 is 0.976 bits per heavy atom. The van der Waals surface area contributed by atoms with Crippen LogP contribution in [-0.2, 0) is 17.5 Å². The van der Waals surface area contributed by atoms with E-state index < -0.39 is 23.9 Å². The van der Waals surface area contributed by atoms with Gasteiger partial charge in [0.2, 0.25) is 0 Å². The molecule has 0 spiro atoms. The van der Waals surface area contributed by atoms with Crippen LogP contribution >= 0.6 is 0 Å². The van der Waals surface area contributed by atoms with Crippen LogP contribution in [0.3, 0.4) is 0 Å². The van der Waals surface area contributed by atoms with Gasteiger partial charge in [0, 0.05) is 49.8 Å². The van der Waals surface area contributed by atoms with Crippen molar-refractivity contribution in [3.8, 4) is 17.3 Å². The van der Waals surface area contributed by atoms with Crippen LogP contribution in [-0.4, -0.2) is 62.9 Å². The molecule has 1 fully saturated rings. The number of nitrogens with zero attached hydrogens (tertiary/aromatic N) is 7. The number of anilines is 1. The number of carbonyl (C=O) groups excluding carboxylic acids is 1. The van der Waals surface area contributed by atoms with E-state index in [0.29, 0.717) is 30.9 Å². The Labute approximate surface area is 228 Å². The van der Waals surface area contributed by atoms with Gasteiger partial charge in [0.1, 0.15) is 17.1 Å². The van der Waals surface area contributed by atoms with Crippen molar-refractivity contribution in [1.82, 2.24) is 24.6 Å². The lowest BCUT2D eigenvalue weighted by Gasteiger charge is -2.35. The molecule has 0 atom stereocenters. The highest BCUT2D eigenvalue weighted by Crippen LogP contribution is 2.33. The van der Waals surface area contributed by atoms with Crippen molar-refractivity contribution < 1.29 is 36.0 Å². The first-order valence-corrected chi connectivity index (χ1v) is 12.1. The number of halogens is 6. The third-order valence-corrected chi connectivity index (χ3v) is 6.43. The van der Waals surface area contributed by atoms with Gasteiger partial charge in [0.05, 0.1) is 17.8 Å². The van der Waals surface area contributed by atoms with E-state index in [9.17, 15) is 36.4 Å². The molecule has 5 rings (SSSR count). The van der Waals surface area contributed by atoms with Crippen LogP contribution in [0.2, 0.25) is 0 Å². The number of hydrogen-bond acceptors (Lipinski definition) is 8. The van der Waals surface area contributed by atoms with Gasteiger partial charge < -0.3 is 9.74 Å². The summed E-state index contributed by atoms with van der Waals surface area (Å²) < 4.78 is 80.0. The quantitative estimate of drug-likeness (QED) is 0.326. The molecule has 9 nitrogen and oxygen atoms in total. The Kier molecular flexibility index (Phi) is 7.26. The first kappa shape index (κ1) is 27.8. The smallest absolute Gasteiger partial charge is 0.369 e. The molecule has 15 heteroatoms. The number of imidazole rings is 1. The van der Waals surface area contributed by atoms with E-state index in [-0.39, 0.29) is 40.4 Å². The minimum Gasteiger partial charge on any atom is -0.369 e. The topological polar surface area (TPSA) is 100 Å². The van der Waals surface area contributed by atoms with Gasteiger partial charge in [-0.25, -0.2) is 14.8 Å². The lowest BCUT2D eigenvalue weighted by molar-refractivity contribution is -0.199. The van der Waals surface area contributed by atoms with E-state index in [0.717, 1.165) is 30.0 Å². The average molecular weight is 575 g/mol. The Morgan fingerprint density at radius 2 is 1.68 bits per heavy atom. The van der Waals surface area contributed by atoms with Gasteiger partial charge in [0.15, 0.2) is 11.5 Å². The maximum atomic E-state index is 13.3. The van der Waals surface area contributed by atoms with Gasteiger partial charge in [-0.3, -0.25) is 9.88 Å². The number of nitriles is 1. The number of piperazine rings is 1. The van der Waals surface area contributed by atoms with Crippen molar-refractivity contribution in [3.05, 3.63) is 71.9 Å². The number of benzene rings is 1. The van der Waals surface area contributed by atoms with Gasteiger partial charge in [-0.15, -0.1) is 0 Å². The monoisotopic (exact) mass is 575 g/mol. The number of carbonyl (C=O) groups is 1. The van der Waals surface area contributed by atoms with E-state index in [1.807, 2.05) is 17.0 Å². The highest BCUT2D eigenvalue weighted by Gasteiger charge is 2.43. The molecule has 41 heavy (non-hydrogen) atoms. The standard InChI is InChI=1S/C26H19F6N7O2/c27-25(28,29)17-3-1-2-16(12-17)19-13-21-23(20(14-33)35-19)36-22(39(21)41-24(40)26(30,31)32)15-37-8-10-38(11-9-37)18-4-6-34-7-5-18/h1-7,12-13H,8-11,15H2. The van der Waals surface area contributed by atoms with Crippen LogP contribution in [0.15, 0.2) is 54.9 Å². The van der Waals surface area contributed by atoms with Crippen LogP contribution < -0.4 is 9.74 Å². The highest BCUT2D eigenvalue weighted by atomic mass is 19.4. The van der Waals surface area contributed by atoms with E-state index in [2.05, 4.69) is 19.9 Å². The zero-order valence-corrected chi connectivity index (χ0v) is 20.9. The third-order valence-electron chi connectivity index (χ3n) is 6.43. The van der Waals surface area contributed by atoms with Crippen molar-refractivity contribution in [3.63, 3.8) is 0 Å². The molecule has 0 aliphatic carbocycles. The fourth-order valence-electron chi connectivity index (χ4n) is 4.44. The first-order valence-electron chi connectivity index (χ1n) is 12.1. The molecule has 0 amide bonds. The largest absolute Gasteiger partial charge is 0.493 e. The fraction of sp³-hybridized carbons (Fsp3) is 0.269. The molecule has 1 aliphatic rings. The van der Waals surface area contributed by atoms with E-state index >= 15 is 0 Å². The Morgan fingerprint density at radius 3 is 2.32 bits per heavy atom. The van der Waals surface area contributed by atoms with Crippen LogP contribution in [0, 0.1) is 11.3 Å². The van der Waals surface area contributed by atoms with E-state index in [1.165, 1.54) is 6.07 Å².